The van der Waals surface area contributed by atoms with E-state index in [4.69, 9.17) is 5.73 Å². The largest absolute Gasteiger partial charge is 0.326 e. The first kappa shape index (κ1) is 14.3. The van der Waals surface area contributed by atoms with Gasteiger partial charge in [-0.25, -0.2) is 0 Å². The van der Waals surface area contributed by atoms with Crippen molar-refractivity contribution in [2.75, 3.05) is 11.9 Å². The van der Waals surface area contributed by atoms with Crippen molar-refractivity contribution in [1.82, 2.24) is 0 Å². The van der Waals surface area contributed by atoms with Crippen LogP contribution < -0.4 is 10.6 Å². The first-order chi connectivity index (χ1) is 9.52. The van der Waals surface area contributed by atoms with Gasteiger partial charge in [0, 0.05) is 24.8 Å². The van der Waals surface area contributed by atoms with E-state index in [-0.39, 0.29) is 5.91 Å². The molecule has 2 aromatic rings. The fraction of sp³-hybridized carbons (Fsp3) is 0.235. The summed E-state index contributed by atoms with van der Waals surface area (Å²) in [6.45, 7) is 4.46. The summed E-state index contributed by atoms with van der Waals surface area (Å²) in [6.07, 6.45) is 0. The van der Waals surface area contributed by atoms with Crippen LogP contribution in [0.15, 0.2) is 42.5 Å². The third-order valence-electron chi connectivity index (χ3n) is 3.49. The van der Waals surface area contributed by atoms with Crippen LogP contribution in [0.25, 0.3) is 0 Å². The molecule has 0 spiro atoms. The Morgan fingerprint density at radius 1 is 1.10 bits per heavy atom. The fourth-order valence-corrected chi connectivity index (χ4v) is 2.12. The topological polar surface area (TPSA) is 46.3 Å². The maximum Gasteiger partial charge on any atom is 0.258 e. The monoisotopic (exact) mass is 268 g/mol. The lowest BCUT2D eigenvalue weighted by Gasteiger charge is -2.19. The predicted octanol–water partition coefficient (Wildman–Crippen LogP) is 3.04. The number of nitrogens with zero attached hydrogens (tertiary/aromatic N) is 1. The van der Waals surface area contributed by atoms with Gasteiger partial charge >= 0.3 is 0 Å². The Hall–Kier alpha value is -2.13. The Balaban J connectivity index is 2.29. The van der Waals surface area contributed by atoms with Gasteiger partial charge in [0.05, 0.1) is 0 Å². The number of hydrogen-bond acceptors (Lipinski definition) is 2. The SMILES string of the molecule is Cc1ccc(C)c(C(=O)N(C)c2ccc(CN)cc2)c1. The second kappa shape index (κ2) is 5.88. The highest BCUT2D eigenvalue weighted by Crippen LogP contribution is 2.19. The van der Waals surface area contributed by atoms with Crippen molar-refractivity contribution in [3.05, 3.63) is 64.7 Å². The molecule has 0 saturated heterocycles. The minimum absolute atomic E-state index is 0.00620. The van der Waals surface area contributed by atoms with E-state index in [0.29, 0.717) is 6.54 Å². The van der Waals surface area contributed by atoms with Gasteiger partial charge in [-0.05, 0) is 43.2 Å². The van der Waals surface area contributed by atoms with Crippen molar-refractivity contribution >= 4 is 11.6 Å². The van der Waals surface area contributed by atoms with Gasteiger partial charge in [0.2, 0.25) is 0 Å². The summed E-state index contributed by atoms with van der Waals surface area (Å²) < 4.78 is 0. The average molecular weight is 268 g/mol. The van der Waals surface area contributed by atoms with Gasteiger partial charge in [-0.2, -0.15) is 0 Å². The molecule has 20 heavy (non-hydrogen) atoms. The van der Waals surface area contributed by atoms with Gasteiger partial charge < -0.3 is 10.6 Å². The molecule has 0 aliphatic rings. The zero-order valence-electron chi connectivity index (χ0n) is 12.2. The van der Waals surface area contributed by atoms with Gasteiger partial charge in [-0.3, -0.25) is 4.79 Å². The molecule has 3 nitrogen and oxygen atoms in total. The molecule has 3 heteroatoms. The minimum atomic E-state index is 0.00620. The Bertz CT molecular complexity index is 617. The van der Waals surface area contributed by atoms with Crippen LogP contribution in [0.2, 0.25) is 0 Å². The highest BCUT2D eigenvalue weighted by molar-refractivity contribution is 6.06. The molecule has 0 aromatic heterocycles. The molecular weight excluding hydrogens is 248 g/mol. The number of hydrogen-bond donors (Lipinski definition) is 1. The molecule has 0 bridgehead atoms. The quantitative estimate of drug-likeness (QED) is 0.930. The van der Waals surface area contributed by atoms with Crippen LogP contribution >= 0.6 is 0 Å². The van der Waals surface area contributed by atoms with E-state index >= 15 is 0 Å². The van der Waals surface area contributed by atoms with Crippen molar-refractivity contribution in [2.45, 2.75) is 20.4 Å². The van der Waals surface area contributed by atoms with Crippen molar-refractivity contribution in [2.24, 2.45) is 5.73 Å². The van der Waals surface area contributed by atoms with Gasteiger partial charge in [0.25, 0.3) is 5.91 Å². The van der Waals surface area contributed by atoms with Crippen LogP contribution in [0, 0.1) is 13.8 Å². The molecule has 0 fully saturated rings. The van der Waals surface area contributed by atoms with E-state index < -0.39 is 0 Å². The number of amides is 1. The molecule has 0 unspecified atom stereocenters. The molecule has 0 heterocycles. The van der Waals surface area contributed by atoms with Gasteiger partial charge in [0.15, 0.2) is 0 Å². The van der Waals surface area contributed by atoms with Crippen LogP contribution in [0.4, 0.5) is 5.69 Å². The minimum Gasteiger partial charge on any atom is -0.326 e. The van der Waals surface area contributed by atoms with E-state index in [9.17, 15) is 4.79 Å². The summed E-state index contributed by atoms with van der Waals surface area (Å²) >= 11 is 0. The summed E-state index contributed by atoms with van der Waals surface area (Å²) in [5.41, 5.74) is 10.3. The summed E-state index contributed by atoms with van der Waals surface area (Å²) in [6, 6.07) is 13.7. The van der Waals surface area contributed by atoms with Gasteiger partial charge in [-0.15, -0.1) is 0 Å². The molecular formula is C17H20N2O. The number of benzene rings is 2. The summed E-state index contributed by atoms with van der Waals surface area (Å²) in [5.74, 6) is 0.00620. The molecule has 104 valence electrons. The number of carbonyl (C=O) groups excluding carboxylic acids is 1. The van der Waals surface area contributed by atoms with Crippen LogP contribution in [-0.2, 0) is 6.54 Å². The molecule has 2 aromatic carbocycles. The maximum atomic E-state index is 12.6. The third kappa shape index (κ3) is 2.89. The van der Waals surface area contributed by atoms with Gasteiger partial charge in [-0.1, -0.05) is 29.8 Å². The fourth-order valence-electron chi connectivity index (χ4n) is 2.12. The highest BCUT2D eigenvalue weighted by Gasteiger charge is 2.15. The molecule has 0 saturated carbocycles. The Labute approximate surface area is 120 Å². The summed E-state index contributed by atoms with van der Waals surface area (Å²) in [4.78, 5) is 14.2. The maximum absolute atomic E-state index is 12.6. The van der Waals surface area contributed by atoms with Crippen molar-refractivity contribution in [1.29, 1.82) is 0 Å². The summed E-state index contributed by atoms with van der Waals surface area (Å²) in [5, 5.41) is 0. The normalized spacial score (nSPS) is 10.4. The van der Waals surface area contributed by atoms with Crippen LogP contribution in [-0.4, -0.2) is 13.0 Å². The number of carbonyl (C=O) groups is 1. The lowest BCUT2D eigenvalue weighted by atomic mass is 10.0. The lowest BCUT2D eigenvalue weighted by molar-refractivity contribution is 0.0992. The first-order valence-electron chi connectivity index (χ1n) is 6.67. The molecule has 0 aliphatic carbocycles. The first-order valence-corrected chi connectivity index (χ1v) is 6.67. The molecule has 0 atom stereocenters. The number of anilines is 1. The molecule has 2 rings (SSSR count). The Kier molecular flexibility index (Phi) is 4.20. The van der Waals surface area contributed by atoms with Crippen LogP contribution in [0.1, 0.15) is 27.0 Å². The van der Waals surface area contributed by atoms with E-state index in [1.54, 1.807) is 11.9 Å². The van der Waals surface area contributed by atoms with E-state index in [0.717, 1.165) is 27.9 Å². The average Bonchev–Trinajstić information content (AvgIpc) is 2.48. The zero-order chi connectivity index (χ0) is 14.7. The van der Waals surface area contributed by atoms with E-state index in [1.807, 2.05) is 56.3 Å². The van der Waals surface area contributed by atoms with Crippen LogP contribution in [0.3, 0.4) is 0 Å². The second-order valence-electron chi connectivity index (χ2n) is 5.05. The van der Waals surface area contributed by atoms with E-state index in [2.05, 4.69) is 0 Å². The predicted molar refractivity (Wildman–Crippen MR) is 83.0 cm³/mol. The molecule has 0 radical (unpaired) electrons. The molecule has 0 aliphatic heterocycles. The second-order valence-corrected chi connectivity index (χ2v) is 5.05. The number of nitrogens with two attached hydrogens (primary N) is 1. The van der Waals surface area contributed by atoms with E-state index in [1.165, 1.54) is 0 Å². The highest BCUT2D eigenvalue weighted by atomic mass is 16.2. The molecule has 2 N–H and O–H groups in total. The summed E-state index contributed by atoms with van der Waals surface area (Å²) in [7, 11) is 1.79. The van der Waals surface area contributed by atoms with Gasteiger partial charge in [0.1, 0.15) is 0 Å². The smallest absolute Gasteiger partial charge is 0.258 e. The molecule has 1 amide bonds. The van der Waals surface area contributed by atoms with Crippen LogP contribution in [0.5, 0.6) is 0 Å². The standard InChI is InChI=1S/C17H20N2O/c1-12-4-5-13(2)16(10-12)17(20)19(3)15-8-6-14(11-18)7-9-15/h4-10H,11,18H2,1-3H3. The Morgan fingerprint density at radius 3 is 2.35 bits per heavy atom. The number of rotatable bonds is 3. The van der Waals surface area contributed by atoms with Crippen molar-refractivity contribution in [3.8, 4) is 0 Å². The lowest BCUT2D eigenvalue weighted by Crippen LogP contribution is -2.27. The van der Waals surface area contributed by atoms with Crippen molar-refractivity contribution < 1.29 is 4.79 Å². The third-order valence-corrected chi connectivity index (χ3v) is 3.49. The zero-order valence-corrected chi connectivity index (χ0v) is 12.2. The Morgan fingerprint density at radius 2 is 1.75 bits per heavy atom. The van der Waals surface area contributed by atoms with Crippen molar-refractivity contribution in [3.63, 3.8) is 0 Å². The number of aryl methyl sites for hydroxylation is 2.